The first-order valence-corrected chi connectivity index (χ1v) is 8.09. The average Bonchev–Trinajstić information content (AvgIpc) is 2.41. The van der Waals surface area contributed by atoms with E-state index in [4.69, 9.17) is 12.2 Å². The summed E-state index contributed by atoms with van der Waals surface area (Å²) < 4.78 is 1.00. The molecule has 0 fully saturated rings. The molecule has 0 aromatic heterocycles. The maximum Gasteiger partial charge on any atom is 0.0790 e. The van der Waals surface area contributed by atoms with Gasteiger partial charge in [-0.1, -0.05) is 75.4 Å². The van der Waals surface area contributed by atoms with E-state index >= 15 is 0 Å². The van der Waals surface area contributed by atoms with Crippen molar-refractivity contribution in [1.82, 2.24) is 4.90 Å². The summed E-state index contributed by atoms with van der Waals surface area (Å²) in [6.45, 7) is 8.75. The fourth-order valence-electron chi connectivity index (χ4n) is 1.74. The zero-order valence-corrected chi connectivity index (χ0v) is 13.2. The van der Waals surface area contributed by atoms with Gasteiger partial charge in [-0.15, -0.1) is 0 Å². The number of thiocarbonyl (C=S) groups is 1. The Morgan fingerprint density at radius 2 is 1.72 bits per heavy atom. The summed E-state index contributed by atoms with van der Waals surface area (Å²) in [6.07, 6.45) is 2.35. The lowest BCUT2D eigenvalue weighted by atomic mass is 10.1. The molecule has 1 nitrogen and oxygen atoms in total. The van der Waals surface area contributed by atoms with Gasteiger partial charge in [-0.05, 0) is 30.6 Å². The molecule has 0 saturated heterocycles. The van der Waals surface area contributed by atoms with Crippen molar-refractivity contribution >= 4 is 28.2 Å². The second kappa shape index (κ2) is 8.68. The van der Waals surface area contributed by atoms with Crippen molar-refractivity contribution in [3.63, 3.8) is 0 Å². The molecule has 0 aliphatic heterocycles. The molecular formula is C15H23NS2. The zero-order chi connectivity index (χ0) is 13.4. The van der Waals surface area contributed by atoms with Crippen LogP contribution in [0.1, 0.15) is 38.3 Å². The topological polar surface area (TPSA) is 3.24 Å². The Bertz CT molecular complexity index is 355. The standard InChI is InChI=1S/C15H23NS2/c1-4-7-13-8-10-14(11-9-13)15(17)18-12-16(5-2)6-3/h8-11H,4-7,12H2,1-3H3. The summed E-state index contributed by atoms with van der Waals surface area (Å²) in [7, 11) is 0. The van der Waals surface area contributed by atoms with E-state index in [2.05, 4.69) is 49.9 Å². The van der Waals surface area contributed by atoms with E-state index in [0.717, 1.165) is 29.6 Å². The van der Waals surface area contributed by atoms with Crippen LogP contribution >= 0.6 is 24.0 Å². The van der Waals surface area contributed by atoms with Crippen LogP contribution in [0.5, 0.6) is 0 Å². The van der Waals surface area contributed by atoms with Gasteiger partial charge < -0.3 is 0 Å². The molecule has 0 amide bonds. The number of thioether (sulfide) groups is 1. The summed E-state index contributed by atoms with van der Waals surface area (Å²) >= 11 is 7.24. The number of hydrogen-bond donors (Lipinski definition) is 0. The van der Waals surface area contributed by atoms with Gasteiger partial charge in [0.05, 0.1) is 4.20 Å². The lowest BCUT2D eigenvalue weighted by Gasteiger charge is -2.17. The van der Waals surface area contributed by atoms with Gasteiger partial charge in [-0.2, -0.15) is 0 Å². The highest BCUT2D eigenvalue weighted by atomic mass is 32.2. The Kier molecular flexibility index (Phi) is 7.56. The maximum absolute atomic E-state index is 5.48. The highest BCUT2D eigenvalue weighted by Gasteiger charge is 2.05. The summed E-state index contributed by atoms with van der Waals surface area (Å²) in [5, 5.41) is 0. The predicted molar refractivity (Wildman–Crippen MR) is 87.5 cm³/mol. The van der Waals surface area contributed by atoms with Crippen molar-refractivity contribution in [1.29, 1.82) is 0 Å². The Balaban J connectivity index is 2.51. The van der Waals surface area contributed by atoms with Crippen molar-refractivity contribution in [2.45, 2.75) is 33.6 Å². The molecule has 0 atom stereocenters. The minimum Gasteiger partial charge on any atom is -0.294 e. The summed E-state index contributed by atoms with van der Waals surface area (Å²) in [4.78, 5) is 2.38. The van der Waals surface area contributed by atoms with Gasteiger partial charge in [0.25, 0.3) is 0 Å². The predicted octanol–water partition coefficient (Wildman–Crippen LogP) is 4.35. The number of hydrogen-bond acceptors (Lipinski definition) is 3. The van der Waals surface area contributed by atoms with Gasteiger partial charge in [0.1, 0.15) is 0 Å². The van der Waals surface area contributed by atoms with Gasteiger partial charge in [0.15, 0.2) is 0 Å². The molecule has 18 heavy (non-hydrogen) atoms. The minimum atomic E-state index is 0.989. The zero-order valence-electron chi connectivity index (χ0n) is 11.6. The van der Waals surface area contributed by atoms with Crippen LogP contribution < -0.4 is 0 Å². The number of rotatable bonds is 7. The molecule has 0 heterocycles. The van der Waals surface area contributed by atoms with Crippen molar-refractivity contribution in [3.8, 4) is 0 Å². The van der Waals surface area contributed by atoms with Crippen molar-refractivity contribution in [3.05, 3.63) is 35.4 Å². The second-order valence-electron chi connectivity index (χ2n) is 4.31. The highest BCUT2D eigenvalue weighted by molar-refractivity contribution is 8.23. The normalized spacial score (nSPS) is 10.9. The third kappa shape index (κ3) is 5.09. The average molecular weight is 281 g/mol. The van der Waals surface area contributed by atoms with Crippen LogP contribution in [-0.4, -0.2) is 28.1 Å². The van der Waals surface area contributed by atoms with E-state index in [9.17, 15) is 0 Å². The molecule has 0 saturated carbocycles. The number of aryl methyl sites for hydroxylation is 1. The van der Waals surface area contributed by atoms with Crippen LogP contribution in [0.4, 0.5) is 0 Å². The smallest absolute Gasteiger partial charge is 0.0790 e. The van der Waals surface area contributed by atoms with E-state index in [1.807, 2.05) is 0 Å². The Hall–Kier alpha value is -0.380. The largest absolute Gasteiger partial charge is 0.294 e. The summed E-state index contributed by atoms with van der Waals surface area (Å²) in [5.41, 5.74) is 2.58. The molecule has 0 bridgehead atoms. The molecule has 1 aromatic carbocycles. The maximum atomic E-state index is 5.48. The molecule has 0 radical (unpaired) electrons. The number of benzene rings is 1. The lowest BCUT2D eigenvalue weighted by Crippen LogP contribution is -2.22. The third-order valence-electron chi connectivity index (χ3n) is 3.00. The Morgan fingerprint density at radius 1 is 1.11 bits per heavy atom. The molecule has 3 heteroatoms. The second-order valence-corrected chi connectivity index (χ2v) is 5.93. The fourth-order valence-corrected chi connectivity index (χ4v) is 3.00. The SMILES string of the molecule is CCCc1ccc(C(=S)SCN(CC)CC)cc1. The fraction of sp³-hybridized carbons (Fsp3) is 0.533. The van der Waals surface area contributed by atoms with E-state index < -0.39 is 0 Å². The van der Waals surface area contributed by atoms with E-state index in [-0.39, 0.29) is 0 Å². The van der Waals surface area contributed by atoms with E-state index in [0.29, 0.717) is 0 Å². The summed E-state index contributed by atoms with van der Waals surface area (Å²) in [5.74, 6) is 0.989. The Morgan fingerprint density at radius 3 is 2.22 bits per heavy atom. The molecular weight excluding hydrogens is 258 g/mol. The van der Waals surface area contributed by atoms with Gasteiger partial charge in [0.2, 0.25) is 0 Å². The van der Waals surface area contributed by atoms with Gasteiger partial charge in [0, 0.05) is 5.88 Å². The highest BCUT2D eigenvalue weighted by Crippen LogP contribution is 2.16. The molecule has 1 rings (SSSR count). The molecule has 1 aromatic rings. The van der Waals surface area contributed by atoms with Gasteiger partial charge >= 0.3 is 0 Å². The third-order valence-corrected chi connectivity index (χ3v) is 4.58. The minimum absolute atomic E-state index is 0.989. The monoisotopic (exact) mass is 281 g/mol. The first kappa shape index (κ1) is 15.7. The molecule has 0 spiro atoms. The van der Waals surface area contributed by atoms with Crippen LogP contribution in [0.15, 0.2) is 24.3 Å². The van der Waals surface area contributed by atoms with E-state index in [1.54, 1.807) is 11.8 Å². The van der Waals surface area contributed by atoms with Gasteiger partial charge in [-0.3, -0.25) is 4.90 Å². The molecule has 100 valence electrons. The molecule has 0 aliphatic rings. The van der Waals surface area contributed by atoms with Crippen LogP contribution in [0.2, 0.25) is 0 Å². The van der Waals surface area contributed by atoms with Gasteiger partial charge in [-0.25, -0.2) is 0 Å². The van der Waals surface area contributed by atoms with Crippen molar-refractivity contribution < 1.29 is 0 Å². The molecule has 0 aliphatic carbocycles. The Labute approximate surface area is 121 Å². The van der Waals surface area contributed by atoms with Crippen LogP contribution in [0.3, 0.4) is 0 Å². The van der Waals surface area contributed by atoms with Crippen LogP contribution in [0, 0.1) is 0 Å². The molecule has 0 unspecified atom stereocenters. The van der Waals surface area contributed by atoms with Crippen molar-refractivity contribution in [2.75, 3.05) is 19.0 Å². The number of nitrogens with zero attached hydrogens (tertiary/aromatic N) is 1. The van der Waals surface area contributed by atoms with E-state index in [1.165, 1.54) is 17.5 Å². The lowest BCUT2D eigenvalue weighted by molar-refractivity contribution is 0.359. The molecule has 0 N–H and O–H groups in total. The quantitative estimate of drug-likeness (QED) is 0.540. The first-order chi connectivity index (χ1) is 8.71. The van der Waals surface area contributed by atoms with Crippen molar-refractivity contribution in [2.24, 2.45) is 0 Å². The van der Waals surface area contributed by atoms with Crippen LogP contribution in [0.25, 0.3) is 0 Å². The first-order valence-electron chi connectivity index (χ1n) is 6.69. The van der Waals surface area contributed by atoms with Crippen LogP contribution in [-0.2, 0) is 6.42 Å². The summed E-state index contributed by atoms with van der Waals surface area (Å²) in [6, 6.07) is 8.71.